The number of carbonyl (C=O) groups excluding carboxylic acids is 2. The number of hydrogen-bond acceptors (Lipinski definition) is 5. The highest BCUT2D eigenvalue weighted by molar-refractivity contribution is 5.97. The van der Waals surface area contributed by atoms with Gasteiger partial charge in [0.25, 0.3) is 0 Å². The van der Waals surface area contributed by atoms with Crippen LogP contribution in [0.15, 0.2) is 12.1 Å². The molecule has 0 unspecified atom stereocenters. The minimum Gasteiger partial charge on any atom is -0.507 e. The Morgan fingerprint density at radius 3 is 2.61 bits per heavy atom. The second kappa shape index (κ2) is 5.87. The highest BCUT2D eigenvalue weighted by atomic mass is 16.7. The zero-order valence-corrected chi connectivity index (χ0v) is 10.0. The number of amides is 2. The van der Waals surface area contributed by atoms with E-state index in [0.29, 0.717) is 11.3 Å². The van der Waals surface area contributed by atoms with Crippen molar-refractivity contribution in [2.45, 2.75) is 13.5 Å². The highest BCUT2D eigenvalue weighted by Crippen LogP contribution is 2.28. The van der Waals surface area contributed by atoms with Gasteiger partial charge in [-0.3, -0.25) is 9.63 Å². The molecule has 7 heteroatoms. The maximum atomic E-state index is 11.3. The lowest BCUT2D eigenvalue weighted by atomic mass is 10.1. The number of Topliss-reactive ketones (excluding diaryl/α,β-unsaturated/α-hetero) is 1. The van der Waals surface area contributed by atoms with E-state index in [9.17, 15) is 14.7 Å². The van der Waals surface area contributed by atoms with Gasteiger partial charge in [0.05, 0.1) is 12.7 Å². The molecule has 0 fully saturated rings. The van der Waals surface area contributed by atoms with Crippen LogP contribution in [-0.2, 0) is 11.4 Å². The number of benzene rings is 1. The van der Waals surface area contributed by atoms with Crippen molar-refractivity contribution in [3.63, 3.8) is 0 Å². The molecule has 0 radical (unpaired) electrons. The number of ether oxygens (including phenoxy) is 1. The predicted molar refractivity (Wildman–Crippen MR) is 62.2 cm³/mol. The first kappa shape index (κ1) is 13.8. The van der Waals surface area contributed by atoms with Crippen molar-refractivity contribution in [2.75, 3.05) is 7.11 Å². The number of aromatic hydroxyl groups is 1. The van der Waals surface area contributed by atoms with E-state index in [4.69, 9.17) is 15.3 Å². The number of phenols is 1. The average Bonchev–Trinajstić information content (AvgIpc) is 2.29. The number of nitrogens with one attached hydrogen (secondary N) is 1. The number of ketones is 1. The Hall–Kier alpha value is -2.28. The highest BCUT2D eigenvalue weighted by Gasteiger charge is 2.13. The summed E-state index contributed by atoms with van der Waals surface area (Å²) in [5, 5.41) is 9.60. The number of methoxy groups -OCH3 is 1. The summed E-state index contributed by atoms with van der Waals surface area (Å²) >= 11 is 0. The van der Waals surface area contributed by atoms with Crippen LogP contribution in [0.3, 0.4) is 0 Å². The molecule has 0 heterocycles. The van der Waals surface area contributed by atoms with Crippen LogP contribution in [-0.4, -0.2) is 24.0 Å². The summed E-state index contributed by atoms with van der Waals surface area (Å²) in [6, 6.07) is 1.90. The second-order valence-corrected chi connectivity index (χ2v) is 3.49. The summed E-state index contributed by atoms with van der Waals surface area (Å²) in [6.45, 7) is 1.28. The summed E-state index contributed by atoms with van der Waals surface area (Å²) < 4.78 is 5.02. The van der Waals surface area contributed by atoms with Gasteiger partial charge in [0.2, 0.25) is 0 Å². The van der Waals surface area contributed by atoms with Gasteiger partial charge in [0.15, 0.2) is 5.78 Å². The Labute approximate surface area is 103 Å². The molecule has 0 aliphatic carbocycles. The number of rotatable bonds is 5. The zero-order chi connectivity index (χ0) is 13.7. The molecule has 0 aromatic heterocycles. The Morgan fingerprint density at radius 1 is 1.44 bits per heavy atom. The Balaban J connectivity index is 2.97. The Kier molecular flexibility index (Phi) is 4.50. The maximum Gasteiger partial charge on any atom is 0.336 e. The fourth-order valence-electron chi connectivity index (χ4n) is 1.38. The Morgan fingerprint density at radius 2 is 2.11 bits per heavy atom. The van der Waals surface area contributed by atoms with Crippen LogP contribution in [0.1, 0.15) is 22.8 Å². The molecular weight excluding hydrogens is 240 g/mol. The van der Waals surface area contributed by atoms with Crippen LogP contribution in [0.4, 0.5) is 4.79 Å². The van der Waals surface area contributed by atoms with Gasteiger partial charge in [0, 0.05) is 11.6 Å². The third-order valence-corrected chi connectivity index (χ3v) is 2.18. The van der Waals surface area contributed by atoms with Crippen molar-refractivity contribution in [2.24, 2.45) is 5.73 Å². The SMILES string of the molecule is COc1cc(O)c(C(C)=O)cc1CONC(N)=O. The summed E-state index contributed by atoms with van der Waals surface area (Å²) in [5.41, 5.74) is 7.41. The molecule has 1 rings (SSSR count). The molecule has 0 saturated heterocycles. The third kappa shape index (κ3) is 3.36. The molecule has 0 spiro atoms. The van der Waals surface area contributed by atoms with Crippen LogP contribution in [0.5, 0.6) is 11.5 Å². The number of phenolic OH excluding ortho intramolecular Hbond substituents is 1. The third-order valence-electron chi connectivity index (χ3n) is 2.18. The summed E-state index contributed by atoms with van der Waals surface area (Å²) in [6.07, 6.45) is 0. The van der Waals surface area contributed by atoms with E-state index in [2.05, 4.69) is 0 Å². The van der Waals surface area contributed by atoms with E-state index >= 15 is 0 Å². The van der Waals surface area contributed by atoms with Crippen LogP contribution >= 0.6 is 0 Å². The van der Waals surface area contributed by atoms with Gasteiger partial charge in [-0.25, -0.2) is 10.3 Å². The van der Waals surface area contributed by atoms with Gasteiger partial charge in [-0.2, -0.15) is 0 Å². The quantitative estimate of drug-likeness (QED) is 0.529. The molecule has 4 N–H and O–H groups in total. The van der Waals surface area contributed by atoms with Gasteiger partial charge in [-0.15, -0.1) is 0 Å². The average molecular weight is 254 g/mol. The van der Waals surface area contributed by atoms with Crippen molar-refractivity contribution in [1.29, 1.82) is 0 Å². The summed E-state index contributed by atoms with van der Waals surface area (Å²) in [5.74, 6) is -0.131. The fourth-order valence-corrected chi connectivity index (χ4v) is 1.38. The van der Waals surface area contributed by atoms with Crippen LogP contribution < -0.4 is 16.0 Å². The minimum atomic E-state index is -0.834. The molecule has 0 aliphatic rings. The lowest BCUT2D eigenvalue weighted by Gasteiger charge is -2.11. The first-order valence-corrected chi connectivity index (χ1v) is 5.03. The van der Waals surface area contributed by atoms with E-state index < -0.39 is 6.03 Å². The largest absolute Gasteiger partial charge is 0.507 e. The molecule has 7 nitrogen and oxygen atoms in total. The molecule has 98 valence electrons. The second-order valence-electron chi connectivity index (χ2n) is 3.49. The van der Waals surface area contributed by atoms with Gasteiger partial charge < -0.3 is 15.6 Å². The lowest BCUT2D eigenvalue weighted by molar-refractivity contribution is 0.0509. The Bertz CT molecular complexity index is 473. The first-order valence-electron chi connectivity index (χ1n) is 5.03. The standard InChI is InChI=1S/C11H14N2O5/c1-6(14)8-3-7(5-18-13-11(12)16)10(17-2)4-9(8)15/h3-4,15H,5H2,1-2H3,(H3,12,13,16). The molecule has 0 aliphatic heterocycles. The smallest absolute Gasteiger partial charge is 0.336 e. The number of urea groups is 1. The van der Waals surface area contributed by atoms with Crippen molar-refractivity contribution >= 4 is 11.8 Å². The predicted octanol–water partition coefficient (Wildman–Crippen LogP) is 0.703. The molecular formula is C11H14N2O5. The van der Waals surface area contributed by atoms with Crippen molar-refractivity contribution in [1.82, 2.24) is 5.48 Å². The van der Waals surface area contributed by atoms with E-state index in [1.807, 2.05) is 5.48 Å². The van der Waals surface area contributed by atoms with Crippen molar-refractivity contribution < 1.29 is 24.3 Å². The van der Waals surface area contributed by atoms with Crippen LogP contribution in [0, 0.1) is 0 Å². The zero-order valence-electron chi connectivity index (χ0n) is 10.0. The monoisotopic (exact) mass is 254 g/mol. The molecule has 0 atom stereocenters. The van der Waals surface area contributed by atoms with E-state index in [0.717, 1.165) is 0 Å². The van der Waals surface area contributed by atoms with Crippen LogP contribution in [0.25, 0.3) is 0 Å². The number of primary amides is 1. The molecule has 18 heavy (non-hydrogen) atoms. The molecule has 0 saturated carbocycles. The van der Waals surface area contributed by atoms with Gasteiger partial charge in [-0.1, -0.05) is 0 Å². The normalized spacial score (nSPS) is 9.89. The van der Waals surface area contributed by atoms with E-state index in [1.54, 1.807) is 0 Å². The van der Waals surface area contributed by atoms with Crippen molar-refractivity contribution in [3.8, 4) is 11.5 Å². The number of hydrogen-bond donors (Lipinski definition) is 3. The molecule has 0 bridgehead atoms. The number of hydroxylamine groups is 1. The minimum absolute atomic E-state index is 0.0489. The lowest BCUT2D eigenvalue weighted by Crippen LogP contribution is -2.29. The van der Waals surface area contributed by atoms with Crippen LogP contribution in [0.2, 0.25) is 0 Å². The van der Waals surface area contributed by atoms with Gasteiger partial charge >= 0.3 is 6.03 Å². The first-order chi connectivity index (χ1) is 8.45. The summed E-state index contributed by atoms with van der Waals surface area (Å²) in [7, 11) is 1.41. The van der Waals surface area contributed by atoms with E-state index in [-0.39, 0.29) is 23.7 Å². The summed E-state index contributed by atoms with van der Waals surface area (Å²) in [4.78, 5) is 26.5. The van der Waals surface area contributed by atoms with Gasteiger partial charge in [0.1, 0.15) is 18.1 Å². The fraction of sp³-hybridized carbons (Fsp3) is 0.273. The maximum absolute atomic E-state index is 11.3. The molecule has 1 aromatic rings. The van der Waals surface area contributed by atoms with E-state index in [1.165, 1.54) is 26.2 Å². The topological polar surface area (TPSA) is 111 Å². The van der Waals surface area contributed by atoms with Crippen molar-refractivity contribution in [3.05, 3.63) is 23.3 Å². The molecule has 1 aromatic carbocycles. The molecule has 2 amide bonds. The number of carbonyl (C=O) groups is 2. The number of nitrogens with two attached hydrogens (primary N) is 1. The van der Waals surface area contributed by atoms with Gasteiger partial charge in [-0.05, 0) is 13.0 Å².